The van der Waals surface area contributed by atoms with Crippen LogP contribution in [0.3, 0.4) is 0 Å². The van der Waals surface area contributed by atoms with Gasteiger partial charge in [0.15, 0.2) is 0 Å². The first-order chi connectivity index (χ1) is 15.9. The number of fused-ring (bicyclic) bond motifs is 1. The zero-order valence-corrected chi connectivity index (χ0v) is 20.7. The number of nitrogens with zero attached hydrogens (tertiary/aromatic N) is 7. The predicted octanol–water partition coefficient (Wildman–Crippen LogP) is 3.38. The number of aromatic nitrogens is 6. The average Bonchev–Trinajstić information content (AvgIpc) is 3.48. The van der Waals surface area contributed by atoms with Crippen LogP contribution in [0.5, 0.6) is 0 Å². The number of thiazole rings is 1. The van der Waals surface area contributed by atoms with E-state index in [0.717, 1.165) is 33.3 Å². The highest BCUT2D eigenvalue weighted by atomic mass is 79.9. The van der Waals surface area contributed by atoms with Crippen LogP contribution >= 0.6 is 28.3 Å². The van der Waals surface area contributed by atoms with E-state index in [4.69, 9.17) is 4.98 Å². The van der Waals surface area contributed by atoms with Crippen molar-refractivity contribution >= 4 is 28.3 Å². The fraction of sp³-hybridized carbons (Fsp3) is 0.318. The molecule has 0 saturated heterocycles. The lowest BCUT2D eigenvalue weighted by molar-refractivity contribution is -0.0675. The Hall–Kier alpha value is -2.67. The van der Waals surface area contributed by atoms with Crippen LogP contribution in [-0.2, 0) is 25.1 Å². The van der Waals surface area contributed by atoms with Gasteiger partial charge in [0.25, 0.3) is 0 Å². The van der Waals surface area contributed by atoms with Gasteiger partial charge in [0.05, 0.1) is 12.2 Å². The van der Waals surface area contributed by atoms with E-state index in [1.165, 1.54) is 29.7 Å². The third-order valence-electron chi connectivity index (χ3n) is 6.07. The van der Waals surface area contributed by atoms with Gasteiger partial charge in [-0.3, -0.25) is 4.90 Å². The first-order valence-corrected chi connectivity index (χ1v) is 11.2. The van der Waals surface area contributed by atoms with E-state index in [-0.39, 0.29) is 29.1 Å². The molecule has 1 aliphatic heterocycles. The molecule has 3 aromatic heterocycles. The van der Waals surface area contributed by atoms with Crippen LogP contribution in [0.2, 0.25) is 0 Å². The first-order valence-electron chi connectivity index (χ1n) is 10.4. The summed E-state index contributed by atoms with van der Waals surface area (Å²) in [6, 6.07) is 2.73. The second kappa shape index (κ2) is 9.90. The topological polar surface area (TPSA) is 92.8 Å². The first kappa shape index (κ1) is 24.5. The van der Waals surface area contributed by atoms with E-state index in [1.54, 1.807) is 23.7 Å². The van der Waals surface area contributed by atoms with Crippen molar-refractivity contribution in [1.82, 2.24) is 34.6 Å². The molecule has 5 rings (SSSR count). The fourth-order valence-corrected chi connectivity index (χ4v) is 5.33. The monoisotopic (exact) mass is 549 g/mol. The van der Waals surface area contributed by atoms with E-state index in [0.29, 0.717) is 19.5 Å². The lowest BCUT2D eigenvalue weighted by atomic mass is 9.85. The van der Waals surface area contributed by atoms with Crippen LogP contribution in [0.4, 0.5) is 8.78 Å². The minimum Gasteiger partial charge on any atom is -0.381 e. The highest BCUT2D eigenvalue weighted by Gasteiger charge is 2.43. The Morgan fingerprint density at radius 3 is 2.68 bits per heavy atom. The third kappa shape index (κ3) is 4.63. The lowest BCUT2D eigenvalue weighted by Gasteiger charge is -2.42. The lowest BCUT2D eigenvalue weighted by Crippen LogP contribution is -2.53. The molecule has 4 aromatic rings. The van der Waals surface area contributed by atoms with Crippen LogP contribution in [0, 0.1) is 11.6 Å². The van der Waals surface area contributed by atoms with Gasteiger partial charge in [-0.1, -0.05) is 6.07 Å². The van der Waals surface area contributed by atoms with E-state index < -0.39 is 23.3 Å². The van der Waals surface area contributed by atoms with Gasteiger partial charge < -0.3 is 5.11 Å². The summed E-state index contributed by atoms with van der Waals surface area (Å²) in [5.74, 6) is -1.50. The predicted molar refractivity (Wildman–Crippen MR) is 127 cm³/mol. The molecule has 2 atom stereocenters. The number of benzene rings is 1. The third-order valence-corrected chi connectivity index (χ3v) is 7.21. The molecule has 4 heterocycles. The van der Waals surface area contributed by atoms with Crippen molar-refractivity contribution in [2.24, 2.45) is 0 Å². The van der Waals surface area contributed by atoms with Crippen LogP contribution in [0.15, 0.2) is 49.6 Å². The second-order valence-electron chi connectivity index (χ2n) is 8.05. The zero-order chi connectivity index (χ0) is 23.0. The Kier molecular flexibility index (Phi) is 7.12. The molecule has 0 radical (unpaired) electrons. The number of rotatable bonds is 6. The Morgan fingerprint density at radius 2 is 1.97 bits per heavy atom. The molecule has 34 heavy (non-hydrogen) atoms. The van der Waals surface area contributed by atoms with Gasteiger partial charge in [-0.25, -0.2) is 33.4 Å². The summed E-state index contributed by atoms with van der Waals surface area (Å²) in [6.45, 7) is 2.99. The quantitative estimate of drug-likeness (QED) is 0.394. The molecular weight excluding hydrogens is 528 g/mol. The summed E-state index contributed by atoms with van der Waals surface area (Å²) >= 11 is 1.56. The number of aliphatic hydroxyl groups is 1. The summed E-state index contributed by atoms with van der Waals surface area (Å²) in [5.41, 5.74) is 0.204. The summed E-state index contributed by atoms with van der Waals surface area (Å²) in [4.78, 5) is 20.0. The van der Waals surface area contributed by atoms with Gasteiger partial charge in [-0.15, -0.1) is 28.3 Å². The van der Waals surface area contributed by atoms with Gasteiger partial charge in [-0.2, -0.15) is 5.10 Å². The van der Waals surface area contributed by atoms with Crippen molar-refractivity contribution in [2.75, 3.05) is 6.54 Å². The molecular formula is C22H22BrF2N7OS. The normalized spacial score (nSPS) is 16.4. The van der Waals surface area contributed by atoms with Crippen molar-refractivity contribution in [3.63, 3.8) is 0 Å². The van der Waals surface area contributed by atoms with Gasteiger partial charge in [0.2, 0.25) is 0 Å². The molecule has 12 heteroatoms. The minimum absolute atomic E-state index is 0. The number of hydrogen-bond donors (Lipinski definition) is 1. The number of hydrogen-bond acceptors (Lipinski definition) is 8. The molecule has 1 N–H and O–H groups in total. The van der Waals surface area contributed by atoms with Crippen molar-refractivity contribution in [3.8, 4) is 10.6 Å². The number of halogens is 3. The smallest absolute Gasteiger partial charge is 0.137 e. The molecule has 1 aromatic carbocycles. The van der Waals surface area contributed by atoms with E-state index in [2.05, 4.69) is 25.0 Å². The highest BCUT2D eigenvalue weighted by Crippen LogP contribution is 2.37. The summed E-state index contributed by atoms with van der Waals surface area (Å²) < 4.78 is 29.9. The molecule has 0 saturated carbocycles. The fourth-order valence-electron chi connectivity index (χ4n) is 4.23. The van der Waals surface area contributed by atoms with Gasteiger partial charge in [-0.05, 0) is 13.0 Å². The highest BCUT2D eigenvalue weighted by molar-refractivity contribution is 8.93. The van der Waals surface area contributed by atoms with Crippen LogP contribution < -0.4 is 0 Å². The minimum atomic E-state index is -1.68. The zero-order valence-electron chi connectivity index (χ0n) is 18.2. The Balaban J connectivity index is 0.00000274. The second-order valence-corrected chi connectivity index (χ2v) is 9.14. The van der Waals surface area contributed by atoms with Gasteiger partial charge in [0.1, 0.15) is 41.2 Å². The molecule has 0 spiro atoms. The van der Waals surface area contributed by atoms with Crippen molar-refractivity contribution in [3.05, 3.63) is 77.3 Å². The molecule has 0 bridgehead atoms. The largest absolute Gasteiger partial charge is 0.381 e. The van der Waals surface area contributed by atoms with E-state index >= 15 is 0 Å². The average molecular weight is 550 g/mol. The van der Waals surface area contributed by atoms with E-state index in [9.17, 15) is 13.9 Å². The Morgan fingerprint density at radius 1 is 1.18 bits per heavy atom. The molecule has 1 aliphatic rings. The van der Waals surface area contributed by atoms with Gasteiger partial charge in [0, 0.05) is 60.0 Å². The maximum absolute atomic E-state index is 14.8. The Bertz CT molecular complexity index is 1260. The molecule has 0 amide bonds. The molecule has 178 valence electrons. The SMILES string of the molecule is Br.C[C@@H](N1CCc2nc(-c3cncnc3)sc2C1)[C@](O)(Cn1cncn1)c1ccc(F)cc1F. The van der Waals surface area contributed by atoms with Crippen LogP contribution in [0.1, 0.15) is 23.1 Å². The molecule has 8 nitrogen and oxygen atoms in total. The van der Waals surface area contributed by atoms with Crippen LogP contribution in [0.25, 0.3) is 10.6 Å². The van der Waals surface area contributed by atoms with E-state index in [1.807, 2.05) is 6.92 Å². The Labute approximate surface area is 209 Å². The molecule has 0 aliphatic carbocycles. The molecule has 0 fully saturated rings. The maximum atomic E-state index is 14.8. The molecule has 0 unspecified atom stereocenters. The van der Waals surface area contributed by atoms with Crippen LogP contribution in [-0.4, -0.2) is 52.3 Å². The van der Waals surface area contributed by atoms with Gasteiger partial charge >= 0.3 is 0 Å². The summed E-state index contributed by atoms with van der Waals surface area (Å²) in [6.07, 6.45) is 8.44. The van der Waals surface area contributed by atoms with Crippen molar-refractivity contribution in [1.29, 1.82) is 0 Å². The summed E-state index contributed by atoms with van der Waals surface area (Å²) in [7, 11) is 0. The summed E-state index contributed by atoms with van der Waals surface area (Å²) in [5, 5.41) is 16.8. The standard InChI is InChI=1S/C22H21F2N7OS.BrH/c1-14(22(32,10-31-13-27-12-28-31)17-3-2-16(23)6-18(17)24)30-5-4-19-20(9-30)33-21(29-19)15-7-25-11-26-8-15;/h2-3,6-8,11-14,32H,4-5,9-10H2,1H3;1H/t14-,22-;/m1./s1. The van der Waals surface area contributed by atoms with Crippen molar-refractivity contribution in [2.45, 2.75) is 38.1 Å². The van der Waals surface area contributed by atoms with Crippen molar-refractivity contribution < 1.29 is 13.9 Å². The maximum Gasteiger partial charge on any atom is 0.137 e.